The van der Waals surface area contributed by atoms with Crippen LogP contribution in [0.4, 0.5) is 5.13 Å². The predicted molar refractivity (Wildman–Crippen MR) is 56.7 cm³/mol. The van der Waals surface area contributed by atoms with Crippen molar-refractivity contribution in [2.75, 3.05) is 18.1 Å². The zero-order valence-corrected chi connectivity index (χ0v) is 9.07. The number of aliphatic hydroxyl groups is 1. The van der Waals surface area contributed by atoms with Gasteiger partial charge >= 0.3 is 0 Å². The Labute approximate surface area is 85.6 Å². The van der Waals surface area contributed by atoms with Gasteiger partial charge in [0.1, 0.15) is 5.01 Å². The molecular weight excluding hydrogens is 206 g/mol. The van der Waals surface area contributed by atoms with Crippen molar-refractivity contribution in [1.82, 2.24) is 10.2 Å². The molecule has 0 saturated carbocycles. The number of rotatable bonds is 5. The maximum Gasteiger partial charge on any atom is 0.203 e. The fourth-order valence-electron chi connectivity index (χ4n) is 0.725. The molecule has 1 heterocycles. The number of hydrogen-bond donors (Lipinski definition) is 2. The molecule has 0 bridgehead atoms. The minimum Gasteiger partial charge on any atom is -0.396 e. The van der Waals surface area contributed by atoms with E-state index in [9.17, 15) is 0 Å². The van der Waals surface area contributed by atoms with E-state index in [1.54, 1.807) is 11.8 Å². The molecule has 13 heavy (non-hydrogen) atoms. The van der Waals surface area contributed by atoms with Crippen LogP contribution >= 0.6 is 23.1 Å². The number of thioether (sulfide) groups is 1. The number of hydrogen-bond acceptors (Lipinski definition) is 6. The van der Waals surface area contributed by atoms with Crippen LogP contribution in [0.2, 0.25) is 0 Å². The van der Waals surface area contributed by atoms with Crippen LogP contribution in [0.15, 0.2) is 0 Å². The summed E-state index contributed by atoms with van der Waals surface area (Å²) in [4.78, 5) is 0. The molecule has 0 amide bonds. The highest BCUT2D eigenvalue weighted by Gasteiger charge is 2.03. The zero-order valence-electron chi connectivity index (χ0n) is 7.43. The standard InChI is InChI=1S/C7H13N3OS2/c1-5(2-11)3-12-4-6-9-10-7(8)13-6/h5,11H,2-4H2,1H3,(H2,8,10). The summed E-state index contributed by atoms with van der Waals surface area (Å²) in [7, 11) is 0. The molecule has 0 aromatic carbocycles. The van der Waals surface area contributed by atoms with E-state index in [1.807, 2.05) is 6.92 Å². The number of nitrogen functional groups attached to an aromatic ring is 1. The number of aliphatic hydroxyl groups excluding tert-OH is 1. The molecular formula is C7H13N3OS2. The molecule has 6 heteroatoms. The van der Waals surface area contributed by atoms with E-state index in [2.05, 4.69) is 10.2 Å². The molecule has 1 aromatic heterocycles. The summed E-state index contributed by atoms with van der Waals surface area (Å²) in [6.45, 7) is 2.26. The van der Waals surface area contributed by atoms with E-state index in [4.69, 9.17) is 10.8 Å². The summed E-state index contributed by atoms with van der Waals surface area (Å²) >= 11 is 3.16. The van der Waals surface area contributed by atoms with Gasteiger partial charge in [0.25, 0.3) is 0 Å². The number of anilines is 1. The van der Waals surface area contributed by atoms with Crippen molar-refractivity contribution in [2.24, 2.45) is 5.92 Å². The van der Waals surface area contributed by atoms with Gasteiger partial charge in [0.2, 0.25) is 5.13 Å². The van der Waals surface area contributed by atoms with Gasteiger partial charge in [-0.25, -0.2) is 0 Å². The second kappa shape index (κ2) is 5.41. The smallest absolute Gasteiger partial charge is 0.203 e. The summed E-state index contributed by atoms with van der Waals surface area (Å²) in [6, 6.07) is 0. The Hall–Kier alpha value is -0.330. The van der Waals surface area contributed by atoms with E-state index in [0.717, 1.165) is 16.5 Å². The van der Waals surface area contributed by atoms with E-state index in [-0.39, 0.29) is 6.61 Å². The van der Waals surface area contributed by atoms with Crippen LogP contribution in [0.5, 0.6) is 0 Å². The summed E-state index contributed by atoms with van der Waals surface area (Å²) < 4.78 is 0. The lowest BCUT2D eigenvalue weighted by Crippen LogP contribution is -2.03. The Morgan fingerprint density at radius 3 is 2.92 bits per heavy atom. The Bertz CT molecular complexity index is 254. The molecule has 1 atom stereocenters. The second-order valence-electron chi connectivity index (χ2n) is 2.84. The average Bonchev–Trinajstić information content (AvgIpc) is 2.51. The normalized spacial score (nSPS) is 13.1. The van der Waals surface area contributed by atoms with Crippen molar-refractivity contribution >= 4 is 28.2 Å². The van der Waals surface area contributed by atoms with E-state index >= 15 is 0 Å². The fourth-order valence-corrected chi connectivity index (χ4v) is 2.47. The first-order valence-electron chi connectivity index (χ1n) is 3.99. The van der Waals surface area contributed by atoms with E-state index in [0.29, 0.717) is 11.0 Å². The van der Waals surface area contributed by atoms with Crippen molar-refractivity contribution in [3.05, 3.63) is 5.01 Å². The third-order valence-electron chi connectivity index (χ3n) is 1.42. The predicted octanol–water partition coefficient (Wildman–Crippen LogP) is 0.982. The van der Waals surface area contributed by atoms with Gasteiger partial charge in [-0.1, -0.05) is 18.3 Å². The van der Waals surface area contributed by atoms with Gasteiger partial charge in [-0.05, 0) is 11.7 Å². The van der Waals surface area contributed by atoms with Crippen LogP contribution < -0.4 is 5.73 Å². The largest absolute Gasteiger partial charge is 0.396 e. The van der Waals surface area contributed by atoms with Gasteiger partial charge in [0.05, 0.1) is 0 Å². The van der Waals surface area contributed by atoms with Gasteiger partial charge in [-0.15, -0.1) is 10.2 Å². The summed E-state index contributed by atoms with van der Waals surface area (Å²) in [6.07, 6.45) is 0. The first-order valence-corrected chi connectivity index (χ1v) is 5.96. The van der Waals surface area contributed by atoms with Gasteiger partial charge in [0.15, 0.2) is 0 Å². The molecule has 1 unspecified atom stereocenters. The number of aromatic nitrogens is 2. The van der Waals surface area contributed by atoms with Crippen LogP contribution in [0.3, 0.4) is 0 Å². The number of nitrogens with zero attached hydrogens (tertiary/aromatic N) is 2. The summed E-state index contributed by atoms with van der Waals surface area (Å²) in [5.74, 6) is 2.12. The molecule has 74 valence electrons. The monoisotopic (exact) mass is 219 g/mol. The Balaban J connectivity index is 2.20. The highest BCUT2D eigenvalue weighted by molar-refractivity contribution is 7.98. The molecule has 0 aliphatic heterocycles. The fraction of sp³-hybridized carbons (Fsp3) is 0.714. The lowest BCUT2D eigenvalue weighted by molar-refractivity contribution is 0.250. The summed E-state index contributed by atoms with van der Waals surface area (Å²) in [5, 5.41) is 17.9. The Kier molecular flexibility index (Phi) is 4.47. The van der Waals surface area contributed by atoms with Gasteiger partial charge in [-0.2, -0.15) is 11.8 Å². The molecule has 0 spiro atoms. The van der Waals surface area contributed by atoms with Crippen LogP contribution in [-0.4, -0.2) is 27.7 Å². The third kappa shape index (κ3) is 3.93. The maximum atomic E-state index is 8.78. The molecule has 1 rings (SSSR count). The highest BCUT2D eigenvalue weighted by atomic mass is 32.2. The molecule has 0 radical (unpaired) electrons. The SMILES string of the molecule is CC(CO)CSCc1nnc(N)s1. The molecule has 0 aliphatic carbocycles. The average molecular weight is 219 g/mol. The lowest BCUT2D eigenvalue weighted by Gasteiger charge is -2.04. The topological polar surface area (TPSA) is 72.0 Å². The van der Waals surface area contributed by atoms with Gasteiger partial charge in [0, 0.05) is 12.4 Å². The maximum absolute atomic E-state index is 8.78. The first kappa shape index (κ1) is 10.7. The Morgan fingerprint density at radius 2 is 2.38 bits per heavy atom. The van der Waals surface area contributed by atoms with E-state index < -0.39 is 0 Å². The first-order chi connectivity index (χ1) is 6.22. The minimum absolute atomic E-state index is 0.241. The Morgan fingerprint density at radius 1 is 1.62 bits per heavy atom. The van der Waals surface area contributed by atoms with Crippen molar-refractivity contribution in [1.29, 1.82) is 0 Å². The highest BCUT2D eigenvalue weighted by Crippen LogP contribution is 2.19. The lowest BCUT2D eigenvalue weighted by atomic mass is 10.2. The minimum atomic E-state index is 0.241. The molecule has 3 N–H and O–H groups in total. The van der Waals surface area contributed by atoms with Crippen LogP contribution in [-0.2, 0) is 5.75 Å². The van der Waals surface area contributed by atoms with Crippen LogP contribution in [0.25, 0.3) is 0 Å². The summed E-state index contributed by atoms with van der Waals surface area (Å²) in [5.41, 5.74) is 5.43. The molecule has 1 aromatic rings. The van der Waals surface area contributed by atoms with Gasteiger partial charge < -0.3 is 10.8 Å². The third-order valence-corrected chi connectivity index (χ3v) is 3.64. The van der Waals surface area contributed by atoms with Crippen molar-refractivity contribution in [2.45, 2.75) is 12.7 Å². The van der Waals surface area contributed by atoms with Crippen molar-refractivity contribution in [3.63, 3.8) is 0 Å². The molecule has 0 aliphatic rings. The zero-order chi connectivity index (χ0) is 9.68. The van der Waals surface area contributed by atoms with Crippen LogP contribution in [0, 0.1) is 5.92 Å². The van der Waals surface area contributed by atoms with Gasteiger partial charge in [-0.3, -0.25) is 0 Å². The van der Waals surface area contributed by atoms with Crippen molar-refractivity contribution in [3.8, 4) is 0 Å². The van der Waals surface area contributed by atoms with Crippen LogP contribution in [0.1, 0.15) is 11.9 Å². The number of nitrogens with two attached hydrogens (primary N) is 1. The van der Waals surface area contributed by atoms with E-state index in [1.165, 1.54) is 11.3 Å². The van der Waals surface area contributed by atoms with Crippen molar-refractivity contribution < 1.29 is 5.11 Å². The molecule has 0 fully saturated rings. The second-order valence-corrected chi connectivity index (χ2v) is 4.96. The molecule has 0 saturated heterocycles. The molecule has 4 nitrogen and oxygen atoms in total. The quantitative estimate of drug-likeness (QED) is 0.772.